The number of pyridine rings is 1. The van der Waals surface area contributed by atoms with Gasteiger partial charge in [0.2, 0.25) is 0 Å². The highest BCUT2D eigenvalue weighted by atomic mass is 16.5. The van der Waals surface area contributed by atoms with Crippen LogP contribution in [0.3, 0.4) is 0 Å². The minimum absolute atomic E-state index is 0.0139. The molecule has 1 rings (SSSR count). The Morgan fingerprint density at radius 3 is 2.82 bits per heavy atom. The summed E-state index contributed by atoms with van der Waals surface area (Å²) in [6.45, 7) is 3.04. The third kappa shape index (κ3) is 4.30. The van der Waals surface area contributed by atoms with Gasteiger partial charge in [-0.05, 0) is 13.0 Å². The van der Waals surface area contributed by atoms with E-state index in [1.807, 2.05) is 13.0 Å². The Bertz CT molecular complexity index is 345. The molecular weight excluding hydrogens is 220 g/mol. The second-order valence-electron chi connectivity index (χ2n) is 3.83. The number of rotatable bonds is 7. The fraction of sp³-hybridized carbons (Fsp3) is 0.583. The van der Waals surface area contributed by atoms with Crippen LogP contribution >= 0.6 is 0 Å². The lowest BCUT2D eigenvalue weighted by Crippen LogP contribution is -2.27. The topological polar surface area (TPSA) is 63.6 Å². The van der Waals surface area contributed by atoms with Crippen molar-refractivity contribution in [1.29, 1.82) is 0 Å². The van der Waals surface area contributed by atoms with Crippen LogP contribution in [0, 0.1) is 6.92 Å². The number of anilines is 1. The largest absolute Gasteiger partial charge is 0.392 e. The Morgan fingerprint density at radius 2 is 2.24 bits per heavy atom. The minimum atomic E-state index is -0.0302. The molecule has 0 aliphatic rings. The van der Waals surface area contributed by atoms with E-state index in [1.165, 1.54) is 0 Å². The van der Waals surface area contributed by atoms with Crippen molar-refractivity contribution in [3.63, 3.8) is 0 Å². The molecule has 1 aromatic rings. The number of aliphatic hydroxyl groups is 1. The van der Waals surface area contributed by atoms with Gasteiger partial charge in [-0.3, -0.25) is 4.98 Å². The van der Waals surface area contributed by atoms with E-state index in [0.29, 0.717) is 13.2 Å². The first-order valence-corrected chi connectivity index (χ1v) is 5.53. The van der Waals surface area contributed by atoms with Gasteiger partial charge in [0.15, 0.2) is 0 Å². The number of methoxy groups -OCH3 is 2. The SMILES string of the molecule is COCC(CNc1cc(C)ncc1CO)OC. The first-order chi connectivity index (χ1) is 8.21. The molecule has 0 fully saturated rings. The zero-order valence-electron chi connectivity index (χ0n) is 10.6. The molecule has 1 atom stereocenters. The Hall–Kier alpha value is -1.17. The highest BCUT2D eigenvalue weighted by Gasteiger charge is 2.08. The van der Waals surface area contributed by atoms with Crippen LogP contribution in [0.25, 0.3) is 0 Å². The van der Waals surface area contributed by atoms with E-state index in [2.05, 4.69) is 10.3 Å². The summed E-state index contributed by atoms with van der Waals surface area (Å²) in [4.78, 5) is 4.14. The van der Waals surface area contributed by atoms with Crippen molar-refractivity contribution < 1.29 is 14.6 Å². The van der Waals surface area contributed by atoms with Crippen LogP contribution in [0.15, 0.2) is 12.3 Å². The van der Waals surface area contributed by atoms with E-state index in [4.69, 9.17) is 9.47 Å². The average Bonchev–Trinajstić information content (AvgIpc) is 2.34. The van der Waals surface area contributed by atoms with E-state index in [1.54, 1.807) is 20.4 Å². The van der Waals surface area contributed by atoms with Crippen LogP contribution in [0.5, 0.6) is 0 Å². The number of aryl methyl sites for hydroxylation is 1. The maximum atomic E-state index is 9.20. The summed E-state index contributed by atoms with van der Waals surface area (Å²) in [7, 11) is 3.29. The normalized spacial score (nSPS) is 12.5. The van der Waals surface area contributed by atoms with Crippen molar-refractivity contribution in [2.24, 2.45) is 0 Å². The van der Waals surface area contributed by atoms with Gasteiger partial charge in [0, 0.05) is 43.9 Å². The van der Waals surface area contributed by atoms with Crippen LogP contribution in [0.1, 0.15) is 11.3 Å². The fourth-order valence-corrected chi connectivity index (χ4v) is 1.50. The summed E-state index contributed by atoms with van der Waals surface area (Å²) >= 11 is 0. The van der Waals surface area contributed by atoms with Crippen molar-refractivity contribution in [2.45, 2.75) is 19.6 Å². The molecule has 5 heteroatoms. The van der Waals surface area contributed by atoms with Gasteiger partial charge in [-0.25, -0.2) is 0 Å². The Kier molecular flexibility index (Phi) is 5.90. The molecular formula is C12H20N2O3. The maximum Gasteiger partial charge on any atom is 0.0976 e. The Morgan fingerprint density at radius 1 is 1.47 bits per heavy atom. The summed E-state index contributed by atoms with van der Waals surface area (Å²) in [5, 5.41) is 12.4. The lowest BCUT2D eigenvalue weighted by Gasteiger charge is -2.17. The van der Waals surface area contributed by atoms with Gasteiger partial charge in [-0.15, -0.1) is 0 Å². The number of nitrogens with zero attached hydrogens (tertiary/aromatic N) is 1. The molecule has 5 nitrogen and oxygen atoms in total. The van der Waals surface area contributed by atoms with Gasteiger partial charge < -0.3 is 19.9 Å². The molecule has 0 spiro atoms. The van der Waals surface area contributed by atoms with Crippen LogP contribution in [-0.2, 0) is 16.1 Å². The zero-order valence-corrected chi connectivity index (χ0v) is 10.6. The molecule has 0 aliphatic heterocycles. The molecule has 0 saturated carbocycles. The molecule has 17 heavy (non-hydrogen) atoms. The van der Waals surface area contributed by atoms with E-state index in [9.17, 15) is 5.11 Å². The van der Waals surface area contributed by atoms with Gasteiger partial charge in [-0.2, -0.15) is 0 Å². The molecule has 0 aromatic carbocycles. The number of aliphatic hydroxyl groups excluding tert-OH is 1. The summed E-state index contributed by atoms with van der Waals surface area (Å²) in [5.41, 5.74) is 2.58. The van der Waals surface area contributed by atoms with Gasteiger partial charge in [0.25, 0.3) is 0 Å². The quantitative estimate of drug-likeness (QED) is 0.743. The monoisotopic (exact) mass is 240 g/mol. The highest BCUT2D eigenvalue weighted by molar-refractivity contribution is 5.50. The van der Waals surface area contributed by atoms with Crippen molar-refractivity contribution in [3.05, 3.63) is 23.5 Å². The van der Waals surface area contributed by atoms with Crippen molar-refractivity contribution >= 4 is 5.69 Å². The third-order valence-electron chi connectivity index (χ3n) is 2.50. The fourth-order valence-electron chi connectivity index (χ4n) is 1.50. The van der Waals surface area contributed by atoms with Crippen LogP contribution in [0.4, 0.5) is 5.69 Å². The first kappa shape index (κ1) is 13.9. The molecule has 0 amide bonds. The lowest BCUT2D eigenvalue weighted by molar-refractivity contribution is 0.0365. The second kappa shape index (κ2) is 7.21. The number of ether oxygens (including phenoxy) is 2. The smallest absolute Gasteiger partial charge is 0.0976 e. The number of hydrogen-bond donors (Lipinski definition) is 2. The summed E-state index contributed by atoms with van der Waals surface area (Å²) < 4.78 is 10.3. The summed E-state index contributed by atoms with van der Waals surface area (Å²) in [5.74, 6) is 0. The Balaban J connectivity index is 2.63. The molecule has 2 N–H and O–H groups in total. The number of nitrogens with one attached hydrogen (secondary N) is 1. The predicted molar refractivity (Wildman–Crippen MR) is 66.1 cm³/mol. The van der Waals surface area contributed by atoms with E-state index >= 15 is 0 Å². The molecule has 0 aliphatic carbocycles. The molecule has 1 unspecified atom stereocenters. The summed E-state index contributed by atoms with van der Waals surface area (Å²) in [6, 6.07) is 1.91. The van der Waals surface area contributed by atoms with E-state index < -0.39 is 0 Å². The van der Waals surface area contributed by atoms with Crippen molar-refractivity contribution in [1.82, 2.24) is 4.98 Å². The van der Waals surface area contributed by atoms with Crippen LogP contribution < -0.4 is 5.32 Å². The van der Waals surface area contributed by atoms with Crippen molar-refractivity contribution in [2.75, 3.05) is 32.7 Å². The first-order valence-electron chi connectivity index (χ1n) is 5.53. The second-order valence-corrected chi connectivity index (χ2v) is 3.83. The molecule has 0 bridgehead atoms. The van der Waals surface area contributed by atoms with Crippen molar-refractivity contribution in [3.8, 4) is 0 Å². The van der Waals surface area contributed by atoms with Crippen LogP contribution in [-0.4, -0.2) is 43.6 Å². The summed E-state index contributed by atoms with van der Waals surface area (Å²) in [6.07, 6.45) is 1.66. The number of aromatic nitrogens is 1. The van der Waals surface area contributed by atoms with Gasteiger partial charge >= 0.3 is 0 Å². The third-order valence-corrected chi connectivity index (χ3v) is 2.50. The predicted octanol–water partition coefficient (Wildman–Crippen LogP) is 0.956. The zero-order chi connectivity index (χ0) is 12.7. The number of hydrogen-bond acceptors (Lipinski definition) is 5. The molecule has 96 valence electrons. The molecule has 0 radical (unpaired) electrons. The molecule has 0 saturated heterocycles. The van der Waals surface area contributed by atoms with Gasteiger partial charge in [-0.1, -0.05) is 0 Å². The standard InChI is InChI=1S/C12H20N2O3/c1-9-4-12(10(7-15)5-13-9)14-6-11(17-3)8-16-2/h4-5,11,15H,6-8H2,1-3H3,(H,13,14). The molecule has 1 aromatic heterocycles. The average molecular weight is 240 g/mol. The Labute approximate surface area is 102 Å². The van der Waals surface area contributed by atoms with Gasteiger partial charge in [0.1, 0.15) is 0 Å². The highest BCUT2D eigenvalue weighted by Crippen LogP contribution is 2.15. The molecule has 1 heterocycles. The van der Waals surface area contributed by atoms with E-state index in [-0.39, 0.29) is 12.7 Å². The lowest BCUT2D eigenvalue weighted by atomic mass is 10.2. The minimum Gasteiger partial charge on any atom is -0.392 e. The maximum absolute atomic E-state index is 9.20. The van der Waals surface area contributed by atoms with Gasteiger partial charge in [0.05, 0.1) is 19.3 Å². The van der Waals surface area contributed by atoms with Crippen LogP contribution in [0.2, 0.25) is 0 Å². The van der Waals surface area contributed by atoms with E-state index in [0.717, 1.165) is 16.9 Å².